The van der Waals surface area contributed by atoms with E-state index in [0.717, 1.165) is 18.9 Å². The minimum atomic E-state index is 0.593. The van der Waals surface area contributed by atoms with E-state index in [2.05, 4.69) is 43.4 Å². The van der Waals surface area contributed by atoms with Crippen molar-refractivity contribution in [1.29, 1.82) is 0 Å². The predicted molar refractivity (Wildman–Crippen MR) is 65.3 cm³/mol. The molecule has 1 saturated carbocycles. The molecule has 1 aliphatic carbocycles. The van der Waals surface area contributed by atoms with E-state index in [9.17, 15) is 0 Å². The zero-order chi connectivity index (χ0) is 10.7. The summed E-state index contributed by atoms with van der Waals surface area (Å²) < 4.78 is 0. The zero-order valence-corrected chi connectivity index (χ0v) is 9.79. The fraction of sp³-hybridized carbons (Fsp3) is 0.571. The van der Waals surface area contributed by atoms with Crippen LogP contribution < -0.4 is 5.32 Å². The van der Waals surface area contributed by atoms with Crippen LogP contribution in [0.2, 0.25) is 0 Å². The number of hydrogen-bond acceptors (Lipinski definition) is 1. The molecule has 0 saturated heterocycles. The van der Waals surface area contributed by atoms with Crippen molar-refractivity contribution in [2.24, 2.45) is 0 Å². The molecule has 1 nitrogen and oxygen atoms in total. The highest BCUT2D eigenvalue weighted by atomic mass is 14.9. The average Bonchev–Trinajstić information content (AvgIpc) is 3.02. The van der Waals surface area contributed by atoms with E-state index >= 15 is 0 Å². The fourth-order valence-corrected chi connectivity index (χ4v) is 1.88. The maximum atomic E-state index is 3.44. The molecule has 1 fully saturated rings. The van der Waals surface area contributed by atoms with Gasteiger partial charge in [-0.25, -0.2) is 0 Å². The minimum Gasteiger partial charge on any atom is -0.314 e. The van der Waals surface area contributed by atoms with Gasteiger partial charge in [0.1, 0.15) is 0 Å². The molecule has 0 atom stereocenters. The smallest absolute Gasteiger partial charge is 0.00105 e. The van der Waals surface area contributed by atoms with Gasteiger partial charge in [-0.1, -0.05) is 38.1 Å². The fourth-order valence-electron chi connectivity index (χ4n) is 1.88. The second-order valence-corrected chi connectivity index (χ2v) is 4.87. The van der Waals surface area contributed by atoms with Gasteiger partial charge in [-0.05, 0) is 42.9 Å². The van der Waals surface area contributed by atoms with Gasteiger partial charge in [0.05, 0.1) is 0 Å². The Morgan fingerprint density at radius 1 is 1.20 bits per heavy atom. The van der Waals surface area contributed by atoms with Gasteiger partial charge in [-0.2, -0.15) is 0 Å². The van der Waals surface area contributed by atoms with Crippen molar-refractivity contribution >= 4 is 0 Å². The van der Waals surface area contributed by atoms with Crippen LogP contribution in [0.1, 0.15) is 43.7 Å². The van der Waals surface area contributed by atoms with E-state index in [1.807, 2.05) is 0 Å². The van der Waals surface area contributed by atoms with Gasteiger partial charge in [-0.15, -0.1) is 0 Å². The molecule has 1 N–H and O–H groups in total. The molecule has 1 aromatic carbocycles. The average molecular weight is 203 g/mol. The summed E-state index contributed by atoms with van der Waals surface area (Å²) in [6.07, 6.45) is 3.94. The van der Waals surface area contributed by atoms with Crippen molar-refractivity contribution < 1.29 is 0 Å². The van der Waals surface area contributed by atoms with Gasteiger partial charge in [-0.3, -0.25) is 0 Å². The lowest BCUT2D eigenvalue weighted by Gasteiger charge is -2.08. The SMILES string of the molecule is CC(C)NCCc1ccc(C2CC2)cc1. The molecule has 2 rings (SSSR count). The van der Waals surface area contributed by atoms with Crippen LogP contribution in [-0.2, 0) is 6.42 Å². The van der Waals surface area contributed by atoms with Crippen LogP contribution in [0.4, 0.5) is 0 Å². The molecule has 1 aromatic rings. The first-order valence-corrected chi connectivity index (χ1v) is 6.08. The van der Waals surface area contributed by atoms with Crippen molar-refractivity contribution in [3.05, 3.63) is 35.4 Å². The van der Waals surface area contributed by atoms with Crippen LogP contribution in [0.25, 0.3) is 0 Å². The van der Waals surface area contributed by atoms with Gasteiger partial charge >= 0.3 is 0 Å². The molecule has 0 heterocycles. The third-order valence-corrected chi connectivity index (χ3v) is 2.99. The number of nitrogens with one attached hydrogen (secondary N) is 1. The molecule has 0 unspecified atom stereocenters. The van der Waals surface area contributed by atoms with E-state index in [1.54, 1.807) is 0 Å². The normalized spacial score (nSPS) is 15.9. The minimum absolute atomic E-state index is 0.593. The van der Waals surface area contributed by atoms with Crippen LogP contribution in [0.15, 0.2) is 24.3 Å². The van der Waals surface area contributed by atoms with Gasteiger partial charge in [0.25, 0.3) is 0 Å². The molecule has 0 radical (unpaired) electrons. The summed E-state index contributed by atoms with van der Waals surface area (Å²) in [5.74, 6) is 0.882. The summed E-state index contributed by atoms with van der Waals surface area (Å²) in [5, 5.41) is 3.44. The topological polar surface area (TPSA) is 12.0 Å². The predicted octanol–water partition coefficient (Wildman–Crippen LogP) is 3.10. The maximum Gasteiger partial charge on any atom is 0.00105 e. The first-order chi connectivity index (χ1) is 7.25. The summed E-state index contributed by atoms with van der Waals surface area (Å²) in [5.41, 5.74) is 2.99. The summed E-state index contributed by atoms with van der Waals surface area (Å²) in [7, 11) is 0. The molecular weight excluding hydrogens is 182 g/mol. The van der Waals surface area contributed by atoms with E-state index in [4.69, 9.17) is 0 Å². The van der Waals surface area contributed by atoms with Crippen LogP contribution in [-0.4, -0.2) is 12.6 Å². The van der Waals surface area contributed by atoms with Crippen LogP contribution >= 0.6 is 0 Å². The Morgan fingerprint density at radius 2 is 1.87 bits per heavy atom. The standard InChI is InChI=1S/C14H21N/c1-11(2)15-10-9-12-3-5-13(6-4-12)14-7-8-14/h3-6,11,14-15H,7-10H2,1-2H3. The maximum absolute atomic E-state index is 3.44. The summed E-state index contributed by atoms with van der Waals surface area (Å²) in [6, 6.07) is 9.78. The number of hydrogen-bond donors (Lipinski definition) is 1. The lowest BCUT2D eigenvalue weighted by Crippen LogP contribution is -2.24. The Hall–Kier alpha value is -0.820. The highest BCUT2D eigenvalue weighted by molar-refractivity contribution is 5.28. The second-order valence-electron chi connectivity index (χ2n) is 4.87. The highest BCUT2D eigenvalue weighted by Crippen LogP contribution is 2.39. The number of benzene rings is 1. The molecule has 0 amide bonds. The first kappa shape index (κ1) is 10.7. The first-order valence-electron chi connectivity index (χ1n) is 6.08. The van der Waals surface area contributed by atoms with Crippen LogP contribution in [0.3, 0.4) is 0 Å². The van der Waals surface area contributed by atoms with Gasteiger partial charge in [0.15, 0.2) is 0 Å². The van der Waals surface area contributed by atoms with Crippen molar-refractivity contribution in [3.8, 4) is 0 Å². The van der Waals surface area contributed by atoms with E-state index in [1.165, 1.54) is 24.0 Å². The van der Waals surface area contributed by atoms with Gasteiger partial charge < -0.3 is 5.32 Å². The summed E-state index contributed by atoms with van der Waals surface area (Å²) in [4.78, 5) is 0. The van der Waals surface area contributed by atoms with E-state index < -0.39 is 0 Å². The highest BCUT2D eigenvalue weighted by Gasteiger charge is 2.22. The molecular formula is C14H21N. The Labute approximate surface area is 92.9 Å². The van der Waals surface area contributed by atoms with E-state index in [-0.39, 0.29) is 0 Å². The van der Waals surface area contributed by atoms with Crippen molar-refractivity contribution in [3.63, 3.8) is 0 Å². The molecule has 0 bridgehead atoms. The van der Waals surface area contributed by atoms with Gasteiger partial charge in [0.2, 0.25) is 0 Å². The lowest BCUT2D eigenvalue weighted by atomic mass is 10.1. The Morgan fingerprint density at radius 3 is 2.40 bits per heavy atom. The quantitative estimate of drug-likeness (QED) is 0.775. The zero-order valence-electron chi connectivity index (χ0n) is 9.79. The van der Waals surface area contributed by atoms with Crippen molar-refractivity contribution in [2.75, 3.05) is 6.54 Å². The van der Waals surface area contributed by atoms with E-state index in [0.29, 0.717) is 6.04 Å². The third-order valence-electron chi connectivity index (χ3n) is 2.99. The molecule has 1 heteroatoms. The molecule has 15 heavy (non-hydrogen) atoms. The molecule has 82 valence electrons. The second kappa shape index (κ2) is 4.80. The summed E-state index contributed by atoms with van der Waals surface area (Å²) in [6.45, 7) is 5.47. The number of rotatable bonds is 5. The van der Waals surface area contributed by atoms with Crippen molar-refractivity contribution in [2.45, 2.75) is 45.1 Å². The third kappa shape index (κ3) is 3.35. The largest absolute Gasteiger partial charge is 0.314 e. The monoisotopic (exact) mass is 203 g/mol. The Kier molecular flexibility index (Phi) is 3.42. The Balaban J connectivity index is 1.81. The Bertz CT molecular complexity index is 296. The van der Waals surface area contributed by atoms with Crippen LogP contribution in [0, 0.1) is 0 Å². The molecule has 0 spiro atoms. The van der Waals surface area contributed by atoms with Crippen LogP contribution in [0.5, 0.6) is 0 Å². The molecule has 0 aliphatic heterocycles. The lowest BCUT2D eigenvalue weighted by molar-refractivity contribution is 0.590. The van der Waals surface area contributed by atoms with Gasteiger partial charge in [0, 0.05) is 6.04 Å². The molecule has 1 aliphatic rings. The van der Waals surface area contributed by atoms with Crippen molar-refractivity contribution in [1.82, 2.24) is 5.32 Å². The molecule has 0 aromatic heterocycles. The summed E-state index contributed by atoms with van der Waals surface area (Å²) >= 11 is 0.